The third-order valence-electron chi connectivity index (χ3n) is 5.37. The number of aliphatic imine (C=N–C) groups is 1. The van der Waals surface area contributed by atoms with E-state index in [9.17, 15) is 9.18 Å². The lowest BCUT2D eigenvalue weighted by Gasteiger charge is -2.26. The Labute approximate surface area is 220 Å². The van der Waals surface area contributed by atoms with Crippen molar-refractivity contribution in [2.45, 2.75) is 26.2 Å². The predicted molar refractivity (Wildman–Crippen MR) is 148 cm³/mol. The molecule has 0 bridgehead atoms. The Kier molecular flexibility index (Phi) is 10.3. The largest absolute Gasteiger partial charge is 0.492 e. The van der Waals surface area contributed by atoms with E-state index in [1.54, 1.807) is 54.9 Å². The monoisotopic (exact) mass is 515 g/mol. The van der Waals surface area contributed by atoms with Gasteiger partial charge in [0.25, 0.3) is 5.91 Å². The molecule has 0 atom stereocenters. The molecule has 0 saturated heterocycles. The Morgan fingerprint density at radius 2 is 1.97 bits per heavy atom. The summed E-state index contributed by atoms with van der Waals surface area (Å²) in [5, 5.41) is 20.1. The number of hydrogen-bond acceptors (Lipinski definition) is 7. The number of benzene rings is 1. The van der Waals surface area contributed by atoms with Crippen molar-refractivity contribution in [1.82, 2.24) is 15.3 Å². The molecule has 3 aromatic rings. The van der Waals surface area contributed by atoms with Crippen LogP contribution in [0.1, 0.15) is 36.5 Å². The minimum atomic E-state index is -0.540. The van der Waals surface area contributed by atoms with Gasteiger partial charge in [-0.2, -0.15) is 0 Å². The zero-order valence-corrected chi connectivity index (χ0v) is 21.2. The summed E-state index contributed by atoms with van der Waals surface area (Å²) in [6.45, 7) is 5.98. The number of pyridine rings is 2. The van der Waals surface area contributed by atoms with E-state index in [2.05, 4.69) is 27.0 Å². The molecule has 2 aromatic heterocycles. The highest BCUT2D eigenvalue weighted by molar-refractivity contribution is 6.17. The first-order valence-corrected chi connectivity index (χ1v) is 12.1. The summed E-state index contributed by atoms with van der Waals surface area (Å²) in [5.74, 6) is -0.305. The van der Waals surface area contributed by atoms with Gasteiger partial charge in [0.1, 0.15) is 28.8 Å². The molecule has 2 heterocycles. The van der Waals surface area contributed by atoms with Gasteiger partial charge in [0.05, 0.1) is 29.6 Å². The Morgan fingerprint density at radius 3 is 2.74 bits per heavy atom. The van der Waals surface area contributed by atoms with Gasteiger partial charge in [0, 0.05) is 31.8 Å². The van der Waals surface area contributed by atoms with Gasteiger partial charge in [-0.25, -0.2) is 4.39 Å². The van der Waals surface area contributed by atoms with E-state index in [1.165, 1.54) is 23.2 Å². The fourth-order valence-electron chi connectivity index (χ4n) is 3.68. The average Bonchev–Trinajstić information content (AvgIpc) is 2.92. The summed E-state index contributed by atoms with van der Waals surface area (Å²) in [6, 6.07) is 11.2. The molecule has 0 unspecified atom stereocenters. The number of allylic oxidation sites excluding steroid dienone is 1. The lowest BCUT2D eigenvalue weighted by Crippen LogP contribution is -2.37. The molecule has 0 fully saturated rings. The number of fused-ring (bicyclic) bond motifs is 1. The van der Waals surface area contributed by atoms with Crippen LogP contribution in [0.3, 0.4) is 0 Å². The number of ether oxygens (including phenoxy) is 1. The summed E-state index contributed by atoms with van der Waals surface area (Å²) in [4.78, 5) is 26.2. The molecule has 9 nitrogen and oxygen atoms in total. The second kappa shape index (κ2) is 14.1. The third-order valence-corrected chi connectivity index (χ3v) is 5.37. The van der Waals surface area contributed by atoms with Gasteiger partial charge in [-0.15, -0.1) is 0 Å². The van der Waals surface area contributed by atoms with Gasteiger partial charge in [0.2, 0.25) is 0 Å². The number of rotatable bonds is 12. The molecule has 1 amide bonds. The van der Waals surface area contributed by atoms with Gasteiger partial charge >= 0.3 is 0 Å². The summed E-state index contributed by atoms with van der Waals surface area (Å²) in [6.07, 6.45) is 8.71. The van der Waals surface area contributed by atoms with Gasteiger partial charge in [-0.3, -0.25) is 35.5 Å². The Hall–Kier alpha value is -4.73. The van der Waals surface area contributed by atoms with Crippen LogP contribution in [0.25, 0.3) is 11.0 Å². The summed E-state index contributed by atoms with van der Waals surface area (Å²) < 4.78 is 20.1. The zero-order valence-electron chi connectivity index (χ0n) is 21.2. The maximum Gasteiger partial charge on any atom is 0.253 e. The Bertz CT molecular complexity index is 1360. The van der Waals surface area contributed by atoms with E-state index in [-0.39, 0.29) is 42.7 Å². The SMILES string of the molecule is C=N/C=C(\C=C/CC(=N)N(C(=N)CCCNC(=O)c1ccnc2cccnc12)c1ccccc1F)OCC. The highest BCUT2D eigenvalue weighted by atomic mass is 19.1. The van der Waals surface area contributed by atoms with Crippen LogP contribution in [0.4, 0.5) is 10.1 Å². The van der Waals surface area contributed by atoms with Crippen LogP contribution < -0.4 is 10.2 Å². The van der Waals surface area contributed by atoms with E-state index >= 15 is 0 Å². The molecule has 0 spiro atoms. The minimum Gasteiger partial charge on any atom is -0.492 e. The quantitative estimate of drug-likeness (QED) is 0.0996. The van der Waals surface area contributed by atoms with Crippen molar-refractivity contribution in [1.29, 1.82) is 10.8 Å². The zero-order chi connectivity index (χ0) is 27.3. The summed E-state index contributed by atoms with van der Waals surface area (Å²) >= 11 is 0. The number of nitrogens with one attached hydrogen (secondary N) is 3. The molecule has 196 valence electrons. The average molecular weight is 516 g/mol. The highest BCUT2D eigenvalue weighted by Crippen LogP contribution is 2.22. The molecule has 0 aliphatic rings. The van der Waals surface area contributed by atoms with E-state index in [4.69, 9.17) is 15.6 Å². The van der Waals surface area contributed by atoms with Crippen molar-refractivity contribution in [3.05, 3.63) is 90.4 Å². The van der Waals surface area contributed by atoms with Gasteiger partial charge in [-0.05, 0) is 56.5 Å². The highest BCUT2D eigenvalue weighted by Gasteiger charge is 2.20. The number of amidine groups is 2. The predicted octanol–water partition coefficient (Wildman–Crippen LogP) is 5.26. The third kappa shape index (κ3) is 7.39. The van der Waals surface area contributed by atoms with E-state index in [0.717, 1.165) is 0 Å². The number of para-hydroxylation sites is 1. The van der Waals surface area contributed by atoms with Gasteiger partial charge in [0.15, 0.2) is 0 Å². The molecule has 0 aliphatic carbocycles. The van der Waals surface area contributed by atoms with E-state index in [0.29, 0.717) is 35.4 Å². The fraction of sp³-hybridized carbons (Fsp3) is 0.214. The molecular weight excluding hydrogens is 485 g/mol. The molecule has 38 heavy (non-hydrogen) atoms. The normalized spacial score (nSPS) is 11.4. The maximum absolute atomic E-state index is 14.7. The molecule has 1 aromatic carbocycles. The van der Waals surface area contributed by atoms with Crippen LogP contribution >= 0.6 is 0 Å². The van der Waals surface area contributed by atoms with Crippen LogP contribution in [0.2, 0.25) is 0 Å². The molecule has 3 rings (SSSR count). The fourth-order valence-corrected chi connectivity index (χ4v) is 3.68. The lowest BCUT2D eigenvalue weighted by molar-refractivity contribution is 0.0954. The van der Waals surface area contributed by atoms with Crippen LogP contribution in [-0.2, 0) is 4.74 Å². The summed E-state index contributed by atoms with van der Waals surface area (Å²) in [7, 11) is 0. The van der Waals surface area contributed by atoms with Crippen molar-refractivity contribution in [2.75, 3.05) is 18.1 Å². The number of anilines is 1. The number of carbonyl (C=O) groups is 1. The van der Waals surface area contributed by atoms with Crippen molar-refractivity contribution < 1.29 is 13.9 Å². The Balaban J connectivity index is 1.65. The smallest absolute Gasteiger partial charge is 0.253 e. The molecule has 3 N–H and O–H groups in total. The van der Waals surface area contributed by atoms with Gasteiger partial charge in [-0.1, -0.05) is 18.2 Å². The topological polar surface area (TPSA) is 127 Å². The van der Waals surface area contributed by atoms with Crippen LogP contribution in [0.15, 0.2) is 84.0 Å². The standard InChI is InChI=1S/C28H30FN7O2/c1-3-38-20(19-32-2)9-6-13-25(30)36(24-12-5-4-10-22(24)29)26(31)14-8-17-35-28(37)21-15-18-33-23-11-7-16-34-27(21)23/h4-7,9-12,15-16,18-19,30-31H,2-3,8,13-14,17H2,1H3,(H,35,37)/b9-6-,20-19+,30-25?,31-26?. The first kappa shape index (κ1) is 27.9. The first-order chi connectivity index (χ1) is 18.5. The number of hydrogen-bond donors (Lipinski definition) is 3. The molecule has 0 radical (unpaired) electrons. The van der Waals surface area contributed by atoms with Crippen LogP contribution in [-0.4, -0.2) is 47.4 Å². The van der Waals surface area contributed by atoms with Crippen molar-refractivity contribution in [2.24, 2.45) is 4.99 Å². The molecule has 10 heteroatoms. The number of nitrogens with zero attached hydrogens (tertiary/aromatic N) is 4. The van der Waals surface area contributed by atoms with Crippen molar-refractivity contribution in [3.63, 3.8) is 0 Å². The van der Waals surface area contributed by atoms with E-state index < -0.39 is 5.82 Å². The second-order valence-corrected chi connectivity index (χ2v) is 8.02. The number of amides is 1. The number of carbonyl (C=O) groups excluding carboxylic acids is 1. The lowest BCUT2D eigenvalue weighted by atomic mass is 10.1. The van der Waals surface area contributed by atoms with Crippen molar-refractivity contribution in [3.8, 4) is 0 Å². The maximum atomic E-state index is 14.7. The van der Waals surface area contributed by atoms with Crippen LogP contribution in [0, 0.1) is 16.6 Å². The van der Waals surface area contributed by atoms with Crippen LogP contribution in [0.5, 0.6) is 0 Å². The van der Waals surface area contributed by atoms with E-state index in [1.807, 2.05) is 6.92 Å². The van der Waals surface area contributed by atoms with Gasteiger partial charge < -0.3 is 10.1 Å². The number of aromatic nitrogens is 2. The summed E-state index contributed by atoms with van der Waals surface area (Å²) in [5.41, 5.74) is 1.67. The minimum absolute atomic E-state index is 0.0112. The molecule has 0 saturated carbocycles. The molecule has 0 aliphatic heterocycles. The first-order valence-electron chi connectivity index (χ1n) is 12.1. The Morgan fingerprint density at radius 1 is 1.16 bits per heavy atom. The van der Waals surface area contributed by atoms with Crippen molar-refractivity contribution >= 4 is 41.0 Å². The number of halogens is 1. The molecular formula is C28H30FN7O2. The second-order valence-electron chi connectivity index (χ2n) is 8.02.